The number of hydrogen-bond donors (Lipinski definition) is 1. The fraction of sp³-hybridized carbons (Fsp3) is 0.632. The molecule has 1 atom stereocenters. The number of aliphatic imine (C=N–C) groups is 1. The number of hydrogen-bond acceptors (Lipinski definition) is 5. The maximum absolute atomic E-state index is 5.69. The molecule has 1 saturated heterocycles. The second-order valence-corrected chi connectivity index (χ2v) is 6.70. The Morgan fingerprint density at radius 2 is 2.21 bits per heavy atom. The van der Waals surface area contributed by atoms with Gasteiger partial charge in [-0.05, 0) is 25.5 Å². The Kier molecular flexibility index (Phi) is 9.93. The van der Waals surface area contributed by atoms with Crippen molar-refractivity contribution in [2.75, 3.05) is 53.1 Å². The molecule has 3 heterocycles. The van der Waals surface area contributed by atoms with Gasteiger partial charge >= 0.3 is 0 Å². The summed E-state index contributed by atoms with van der Waals surface area (Å²) >= 11 is 0. The van der Waals surface area contributed by atoms with Gasteiger partial charge in [-0.1, -0.05) is 6.07 Å². The van der Waals surface area contributed by atoms with Gasteiger partial charge in [-0.25, -0.2) is 0 Å². The van der Waals surface area contributed by atoms with Gasteiger partial charge in [-0.3, -0.25) is 9.39 Å². The molecule has 0 radical (unpaired) electrons. The van der Waals surface area contributed by atoms with Crippen molar-refractivity contribution in [3.8, 4) is 0 Å². The first-order valence-electron chi connectivity index (χ1n) is 9.70. The van der Waals surface area contributed by atoms with Crippen molar-refractivity contribution in [1.82, 2.24) is 24.8 Å². The van der Waals surface area contributed by atoms with Crippen molar-refractivity contribution < 1.29 is 9.47 Å². The van der Waals surface area contributed by atoms with Crippen LogP contribution in [0.5, 0.6) is 0 Å². The second kappa shape index (κ2) is 12.2. The molecule has 1 N–H and O–H groups in total. The number of fused-ring (bicyclic) bond motifs is 1. The number of aromatic nitrogens is 3. The van der Waals surface area contributed by atoms with Gasteiger partial charge in [0.2, 0.25) is 0 Å². The highest BCUT2D eigenvalue weighted by atomic mass is 127. The topological polar surface area (TPSA) is 76.3 Å². The molecule has 1 aliphatic heterocycles. The number of nitrogens with one attached hydrogen (secondary N) is 1. The normalized spacial score (nSPS) is 17.1. The minimum absolute atomic E-state index is 0. The summed E-state index contributed by atoms with van der Waals surface area (Å²) in [5.74, 6) is 2.47. The van der Waals surface area contributed by atoms with Gasteiger partial charge in [0.15, 0.2) is 11.6 Å². The fourth-order valence-electron chi connectivity index (χ4n) is 3.30. The first-order valence-corrected chi connectivity index (χ1v) is 9.70. The molecule has 0 amide bonds. The minimum atomic E-state index is 0. The highest BCUT2D eigenvalue weighted by molar-refractivity contribution is 14.0. The Hall–Kier alpha value is -1.46. The average Bonchev–Trinajstić information content (AvgIpc) is 3.32. The lowest BCUT2D eigenvalue weighted by molar-refractivity contribution is 0.0536. The monoisotopic (exact) mass is 502 g/mol. The zero-order valence-electron chi connectivity index (χ0n) is 16.7. The lowest BCUT2D eigenvalue weighted by Gasteiger charge is -2.21. The number of pyridine rings is 1. The van der Waals surface area contributed by atoms with Crippen LogP contribution >= 0.6 is 24.0 Å². The minimum Gasteiger partial charge on any atom is -0.382 e. The van der Waals surface area contributed by atoms with Gasteiger partial charge < -0.3 is 19.7 Å². The summed E-state index contributed by atoms with van der Waals surface area (Å²) in [5, 5.41) is 11.9. The van der Waals surface area contributed by atoms with E-state index in [0.29, 0.717) is 25.7 Å². The maximum Gasteiger partial charge on any atom is 0.193 e. The lowest BCUT2D eigenvalue weighted by atomic mass is 10.1. The van der Waals surface area contributed by atoms with E-state index in [1.165, 1.54) is 0 Å². The molecule has 156 valence electrons. The summed E-state index contributed by atoms with van der Waals surface area (Å²) in [6, 6.07) is 5.92. The van der Waals surface area contributed by atoms with Gasteiger partial charge in [-0.15, -0.1) is 34.2 Å². The number of methoxy groups -OCH3 is 1. The summed E-state index contributed by atoms with van der Waals surface area (Å²) in [6.07, 6.45) is 3.89. The SMILES string of the molecule is CCNC(=NCCc1nnc2ccccn12)N1CCC(COCCOC)C1.I. The van der Waals surface area contributed by atoms with Crippen LogP contribution in [-0.2, 0) is 15.9 Å². The number of likely N-dealkylation sites (tertiary alicyclic amines) is 1. The summed E-state index contributed by atoms with van der Waals surface area (Å²) in [5.41, 5.74) is 0.874. The summed E-state index contributed by atoms with van der Waals surface area (Å²) in [7, 11) is 1.70. The third kappa shape index (κ3) is 6.28. The van der Waals surface area contributed by atoms with Gasteiger partial charge in [-0.2, -0.15) is 0 Å². The van der Waals surface area contributed by atoms with Gasteiger partial charge in [0.25, 0.3) is 0 Å². The molecule has 28 heavy (non-hydrogen) atoms. The molecule has 0 saturated carbocycles. The standard InChI is InChI=1S/C19H30N6O2.HI/c1-3-20-19(24-11-8-16(14-24)15-27-13-12-26-2)21-9-7-18-23-22-17-6-4-5-10-25(17)18;/h4-6,10,16H,3,7-9,11-15H2,1-2H3,(H,20,21);1H. The van der Waals surface area contributed by atoms with E-state index in [2.05, 4.69) is 27.3 Å². The van der Waals surface area contributed by atoms with E-state index in [4.69, 9.17) is 14.5 Å². The van der Waals surface area contributed by atoms with E-state index in [0.717, 1.165) is 56.5 Å². The van der Waals surface area contributed by atoms with Crippen molar-refractivity contribution in [1.29, 1.82) is 0 Å². The Morgan fingerprint density at radius 1 is 1.32 bits per heavy atom. The Balaban J connectivity index is 0.00000280. The van der Waals surface area contributed by atoms with E-state index in [1.54, 1.807) is 7.11 Å². The predicted octanol–water partition coefficient (Wildman–Crippen LogP) is 1.84. The van der Waals surface area contributed by atoms with Crippen molar-refractivity contribution >= 4 is 35.6 Å². The molecular formula is C19H31IN6O2. The van der Waals surface area contributed by atoms with Crippen molar-refractivity contribution in [2.45, 2.75) is 19.8 Å². The second-order valence-electron chi connectivity index (χ2n) is 6.70. The highest BCUT2D eigenvalue weighted by Crippen LogP contribution is 2.16. The van der Waals surface area contributed by atoms with E-state index < -0.39 is 0 Å². The highest BCUT2D eigenvalue weighted by Gasteiger charge is 2.24. The van der Waals surface area contributed by atoms with Crippen LogP contribution in [0.15, 0.2) is 29.4 Å². The molecule has 2 aromatic heterocycles. The Morgan fingerprint density at radius 3 is 3.04 bits per heavy atom. The van der Waals surface area contributed by atoms with Crippen LogP contribution in [-0.4, -0.2) is 78.6 Å². The number of nitrogens with zero attached hydrogens (tertiary/aromatic N) is 5. The molecule has 3 rings (SSSR count). The van der Waals surface area contributed by atoms with Crippen LogP contribution in [0.1, 0.15) is 19.2 Å². The van der Waals surface area contributed by atoms with Gasteiger partial charge in [0, 0.05) is 51.8 Å². The van der Waals surface area contributed by atoms with Crippen LogP contribution in [0.2, 0.25) is 0 Å². The first kappa shape index (κ1) is 22.8. The fourth-order valence-corrected chi connectivity index (χ4v) is 3.30. The number of rotatable bonds is 9. The third-order valence-electron chi connectivity index (χ3n) is 4.69. The van der Waals surface area contributed by atoms with Crippen LogP contribution in [0.4, 0.5) is 0 Å². The van der Waals surface area contributed by atoms with E-state index in [1.807, 2.05) is 28.8 Å². The largest absolute Gasteiger partial charge is 0.382 e. The van der Waals surface area contributed by atoms with Crippen molar-refractivity contribution in [2.24, 2.45) is 10.9 Å². The zero-order valence-corrected chi connectivity index (χ0v) is 19.0. The van der Waals surface area contributed by atoms with Crippen LogP contribution in [0.25, 0.3) is 5.65 Å². The summed E-state index contributed by atoms with van der Waals surface area (Å²) < 4.78 is 12.7. The van der Waals surface area contributed by atoms with E-state index in [-0.39, 0.29) is 24.0 Å². The van der Waals surface area contributed by atoms with E-state index in [9.17, 15) is 0 Å². The number of ether oxygens (including phenoxy) is 2. The molecule has 8 nitrogen and oxygen atoms in total. The van der Waals surface area contributed by atoms with Gasteiger partial charge in [0.1, 0.15) is 5.82 Å². The number of guanidine groups is 1. The molecule has 0 aromatic carbocycles. The third-order valence-corrected chi connectivity index (χ3v) is 4.69. The zero-order chi connectivity index (χ0) is 18.9. The van der Waals surface area contributed by atoms with Crippen molar-refractivity contribution in [3.63, 3.8) is 0 Å². The predicted molar refractivity (Wildman–Crippen MR) is 120 cm³/mol. The van der Waals surface area contributed by atoms with E-state index >= 15 is 0 Å². The first-order chi connectivity index (χ1) is 13.3. The summed E-state index contributed by atoms with van der Waals surface area (Å²) in [4.78, 5) is 7.14. The maximum atomic E-state index is 5.69. The molecule has 1 unspecified atom stereocenters. The Labute approximate surface area is 183 Å². The lowest BCUT2D eigenvalue weighted by Crippen LogP contribution is -2.40. The van der Waals surface area contributed by atoms with Crippen molar-refractivity contribution in [3.05, 3.63) is 30.2 Å². The average molecular weight is 502 g/mol. The molecule has 9 heteroatoms. The van der Waals surface area contributed by atoms with Crippen LogP contribution in [0.3, 0.4) is 0 Å². The van der Waals surface area contributed by atoms with Crippen LogP contribution in [0, 0.1) is 5.92 Å². The number of halogens is 1. The quantitative estimate of drug-likeness (QED) is 0.244. The smallest absolute Gasteiger partial charge is 0.193 e. The molecule has 0 spiro atoms. The van der Waals surface area contributed by atoms with Gasteiger partial charge in [0.05, 0.1) is 19.8 Å². The summed E-state index contributed by atoms with van der Waals surface area (Å²) in [6.45, 7) is 7.73. The molecule has 0 bridgehead atoms. The molecule has 2 aromatic rings. The molecule has 1 fully saturated rings. The van der Waals surface area contributed by atoms with Crippen LogP contribution < -0.4 is 5.32 Å². The molecular weight excluding hydrogens is 471 g/mol. The molecule has 0 aliphatic carbocycles. The molecule has 1 aliphatic rings. The Bertz CT molecular complexity index is 738.